The first-order valence-corrected chi connectivity index (χ1v) is 6.36. The lowest BCUT2D eigenvalue weighted by atomic mass is 10.1. The maximum absolute atomic E-state index is 8.77. The Hall–Kier alpha value is -0.940. The predicted molar refractivity (Wildman–Crippen MR) is 66.5 cm³/mol. The van der Waals surface area contributed by atoms with Crippen molar-refractivity contribution in [2.24, 2.45) is 0 Å². The Morgan fingerprint density at radius 1 is 1.27 bits per heavy atom. The molecule has 1 rings (SSSR count). The zero-order valence-corrected chi connectivity index (χ0v) is 9.96. The van der Waals surface area contributed by atoms with Crippen LogP contribution in [0.25, 0.3) is 0 Å². The second kappa shape index (κ2) is 7.36. The van der Waals surface area contributed by atoms with Gasteiger partial charge in [0.05, 0.1) is 0 Å². The summed E-state index contributed by atoms with van der Waals surface area (Å²) in [6, 6.07) is 10.3. The molecule has 0 N–H and O–H groups in total. The summed E-state index contributed by atoms with van der Waals surface area (Å²) in [5, 5.41) is 11.3. The summed E-state index contributed by atoms with van der Waals surface area (Å²) in [6.07, 6.45) is 4.81. The highest BCUT2D eigenvalue weighted by molar-refractivity contribution is 8.03. The first-order valence-electron chi connectivity index (χ1n) is 5.48. The second-order valence-corrected chi connectivity index (χ2v) is 4.59. The van der Waals surface area contributed by atoms with Gasteiger partial charge in [0, 0.05) is 5.25 Å². The van der Waals surface area contributed by atoms with Crippen LogP contribution < -0.4 is 0 Å². The van der Waals surface area contributed by atoms with E-state index in [2.05, 4.69) is 24.5 Å². The number of thioether (sulfide) groups is 1. The predicted octanol–water partition coefficient (Wildman–Crippen LogP) is 4.52. The fourth-order valence-corrected chi connectivity index (χ4v) is 2.31. The van der Waals surface area contributed by atoms with E-state index in [9.17, 15) is 0 Å². The van der Waals surface area contributed by atoms with Crippen molar-refractivity contribution in [3.63, 3.8) is 0 Å². The van der Waals surface area contributed by atoms with Crippen LogP contribution in [0.15, 0.2) is 30.3 Å². The van der Waals surface area contributed by atoms with E-state index in [4.69, 9.17) is 5.26 Å². The molecule has 0 fully saturated rings. The highest BCUT2D eigenvalue weighted by Crippen LogP contribution is 2.32. The third-order valence-electron chi connectivity index (χ3n) is 2.44. The lowest BCUT2D eigenvalue weighted by Crippen LogP contribution is -1.93. The Kier molecular flexibility index (Phi) is 5.96. The van der Waals surface area contributed by atoms with Gasteiger partial charge >= 0.3 is 0 Å². The monoisotopic (exact) mass is 219 g/mol. The van der Waals surface area contributed by atoms with Crippen molar-refractivity contribution >= 4 is 11.8 Å². The zero-order valence-electron chi connectivity index (χ0n) is 9.15. The Balaban J connectivity index is 2.55. The van der Waals surface area contributed by atoms with Gasteiger partial charge in [-0.2, -0.15) is 5.26 Å². The van der Waals surface area contributed by atoms with Crippen molar-refractivity contribution in [3.05, 3.63) is 35.9 Å². The number of nitriles is 1. The third kappa shape index (κ3) is 4.40. The van der Waals surface area contributed by atoms with Crippen LogP contribution >= 0.6 is 11.8 Å². The molecule has 1 atom stereocenters. The van der Waals surface area contributed by atoms with Crippen molar-refractivity contribution in [3.8, 4) is 5.40 Å². The zero-order chi connectivity index (χ0) is 10.9. The first kappa shape index (κ1) is 12.1. The molecule has 0 aromatic heterocycles. The summed E-state index contributed by atoms with van der Waals surface area (Å²) in [5.74, 6) is 0. The van der Waals surface area contributed by atoms with Crippen molar-refractivity contribution < 1.29 is 0 Å². The van der Waals surface area contributed by atoms with Crippen LogP contribution in [0.2, 0.25) is 0 Å². The standard InChI is InChI=1S/C13H17NS/c1-2-3-5-10-13(15-11-14)12-8-6-4-7-9-12/h4,6-9,13H,2-3,5,10H2,1H3. The van der Waals surface area contributed by atoms with E-state index in [1.54, 1.807) is 0 Å². The molecule has 0 heterocycles. The number of hydrogen-bond acceptors (Lipinski definition) is 2. The van der Waals surface area contributed by atoms with E-state index < -0.39 is 0 Å². The van der Waals surface area contributed by atoms with Crippen LogP contribution in [-0.2, 0) is 0 Å². The molecule has 0 aliphatic carbocycles. The van der Waals surface area contributed by atoms with Gasteiger partial charge in [0.15, 0.2) is 0 Å². The number of thiocyanates is 1. The molecule has 0 saturated carbocycles. The molecular weight excluding hydrogens is 202 g/mol. The van der Waals surface area contributed by atoms with Crippen molar-refractivity contribution in [2.45, 2.75) is 37.9 Å². The third-order valence-corrected chi connectivity index (χ3v) is 3.33. The largest absolute Gasteiger partial charge is 0.185 e. The van der Waals surface area contributed by atoms with Gasteiger partial charge in [-0.3, -0.25) is 0 Å². The lowest BCUT2D eigenvalue weighted by Gasteiger charge is -2.12. The smallest absolute Gasteiger partial charge is 0.133 e. The summed E-state index contributed by atoms with van der Waals surface area (Å²) in [4.78, 5) is 0. The Bertz CT molecular complexity index is 302. The number of nitrogens with zero attached hydrogens (tertiary/aromatic N) is 1. The highest BCUT2D eigenvalue weighted by atomic mass is 32.2. The van der Waals surface area contributed by atoms with Crippen LogP contribution in [0.1, 0.15) is 43.4 Å². The summed E-state index contributed by atoms with van der Waals surface area (Å²) in [5.41, 5.74) is 1.28. The van der Waals surface area contributed by atoms with Crippen LogP contribution in [0, 0.1) is 10.7 Å². The molecule has 1 aromatic rings. The van der Waals surface area contributed by atoms with Crippen molar-refractivity contribution in [1.29, 1.82) is 5.26 Å². The molecule has 15 heavy (non-hydrogen) atoms. The molecule has 0 amide bonds. The molecule has 0 saturated heterocycles. The number of unbranched alkanes of at least 4 members (excludes halogenated alkanes) is 2. The Labute approximate surface area is 96.5 Å². The molecule has 1 unspecified atom stereocenters. The Morgan fingerprint density at radius 3 is 2.60 bits per heavy atom. The fourth-order valence-electron chi connectivity index (χ4n) is 1.60. The highest BCUT2D eigenvalue weighted by Gasteiger charge is 2.10. The normalized spacial score (nSPS) is 12.0. The summed E-state index contributed by atoms with van der Waals surface area (Å²) in [6.45, 7) is 2.20. The van der Waals surface area contributed by atoms with E-state index in [0.29, 0.717) is 5.25 Å². The van der Waals surface area contributed by atoms with Crippen LogP contribution in [0.3, 0.4) is 0 Å². The van der Waals surface area contributed by atoms with Crippen molar-refractivity contribution in [1.82, 2.24) is 0 Å². The van der Waals surface area contributed by atoms with E-state index in [1.807, 2.05) is 18.2 Å². The van der Waals surface area contributed by atoms with Crippen LogP contribution in [0.5, 0.6) is 0 Å². The van der Waals surface area contributed by atoms with Gasteiger partial charge in [-0.15, -0.1) is 0 Å². The SMILES string of the molecule is CCCCCC(SC#N)c1ccccc1. The van der Waals surface area contributed by atoms with Gasteiger partial charge in [-0.1, -0.05) is 56.5 Å². The number of benzene rings is 1. The molecule has 2 heteroatoms. The molecule has 0 spiro atoms. The van der Waals surface area contributed by atoms with Gasteiger partial charge < -0.3 is 0 Å². The van der Waals surface area contributed by atoms with Gasteiger partial charge in [-0.05, 0) is 23.7 Å². The quantitative estimate of drug-likeness (QED) is 0.518. The topological polar surface area (TPSA) is 23.8 Å². The van der Waals surface area contributed by atoms with Gasteiger partial charge in [0.25, 0.3) is 0 Å². The van der Waals surface area contributed by atoms with E-state index in [0.717, 1.165) is 6.42 Å². The van der Waals surface area contributed by atoms with E-state index in [-0.39, 0.29) is 0 Å². The summed E-state index contributed by atoms with van der Waals surface area (Å²) in [7, 11) is 0. The Morgan fingerprint density at radius 2 is 2.00 bits per heavy atom. The molecular formula is C13H17NS. The average molecular weight is 219 g/mol. The second-order valence-electron chi connectivity index (χ2n) is 3.60. The number of rotatable bonds is 6. The van der Waals surface area contributed by atoms with Gasteiger partial charge in [-0.25, -0.2) is 0 Å². The van der Waals surface area contributed by atoms with Crippen LogP contribution in [0.4, 0.5) is 0 Å². The first-order chi connectivity index (χ1) is 7.38. The maximum atomic E-state index is 8.77. The molecule has 0 bridgehead atoms. The molecule has 0 radical (unpaired) electrons. The maximum Gasteiger partial charge on any atom is 0.133 e. The average Bonchev–Trinajstić information content (AvgIpc) is 2.29. The molecule has 80 valence electrons. The summed E-state index contributed by atoms with van der Waals surface area (Å²) < 4.78 is 0. The fraction of sp³-hybridized carbons (Fsp3) is 0.462. The molecule has 0 aliphatic rings. The minimum atomic E-state index is 0.350. The number of hydrogen-bond donors (Lipinski definition) is 0. The summed E-state index contributed by atoms with van der Waals surface area (Å²) >= 11 is 1.39. The minimum Gasteiger partial charge on any atom is -0.185 e. The van der Waals surface area contributed by atoms with E-state index >= 15 is 0 Å². The van der Waals surface area contributed by atoms with Gasteiger partial charge in [0.2, 0.25) is 0 Å². The van der Waals surface area contributed by atoms with Gasteiger partial charge in [0.1, 0.15) is 5.40 Å². The minimum absolute atomic E-state index is 0.350. The lowest BCUT2D eigenvalue weighted by molar-refractivity contribution is 0.660. The van der Waals surface area contributed by atoms with Crippen LogP contribution in [-0.4, -0.2) is 0 Å². The molecule has 0 aliphatic heterocycles. The molecule has 1 aromatic carbocycles. The van der Waals surface area contributed by atoms with Crippen molar-refractivity contribution in [2.75, 3.05) is 0 Å². The molecule has 1 nitrogen and oxygen atoms in total. The van der Waals surface area contributed by atoms with E-state index in [1.165, 1.54) is 36.6 Å².